The number of anilines is 1. The fourth-order valence-electron chi connectivity index (χ4n) is 3.36. The number of aliphatic hydroxyl groups is 1. The molecule has 0 spiro atoms. The van der Waals surface area contributed by atoms with Crippen LogP contribution in [0.2, 0.25) is 0 Å². The lowest BCUT2D eigenvalue weighted by atomic mass is 10.0. The maximum Gasteiger partial charge on any atom is 0.323 e. The van der Waals surface area contributed by atoms with Crippen molar-refractivity contribution in [2.45, 2.75) is 64.1 Å². The Bertz CT molecular complexity index is 503. The Morgan fingerprint density at radius 3 is 2.65 bits per heavy atom. The third-order valence-corrected chi connectivity index (χ3v) is 5.52. The topological polar surface area (TPSA) is 65.5 Å². The van der Waals surface area contributed by atoms with E-state index in [9.17, 15) is 9.90 Å². The second-order valence-electron chi connectivity index (χ2n) is 5.72. The Morgan fingerprint density at radius 2 is 2.10 bits per heavy atom. The molecular formula is C14H21N3O2S. The number of amides is 2. The van der Waals surface area contributed by atoms with E-state index in [4.69, 9.17) is 0 Å². The van der Waals surface area contributed by atoms with Gasteiger partial charge < -0.3 is 10.0 Å². The number of aryl methyl sites for hydroxylation is 2. The molecule has 0 saturated carbocycles. The van der Waals surface area contributed by atoms with Gasteiger partial charge in [0, 0.05) is 12.1 Å². The molecule has 110 valence electrons. The maximum absolute atomic E-state index is 12.5. The number of carbonyl (C=O) groups is 1. The summed E-state index contributed by atoms with van der Waals surface area (Å²) in [5.41, 5.74) is 0.893. The molecule has 0 aromatic carbocycles. The van der Waals surface area contributed by atoms with Crippen LogP contribution in [0.1, 0.15) is 43.3 Å². The summed E-state index contributed by atoms with van der Waals surface area (Å²) in [6.45, 7) is 4.00. The van der Waals surface area contributed by atoms with Crippen molar-refractivity contribution in [1.29, 1.82) is 0 Å². The first-order chi connectivity index (χ1) is 9.58. The number of thiazole rings is 1. The predicted octanol–water partition coefficient (Wildman–Crippen LogP) is 2.53. The third kappa shape index (κ3) is 2.42. The Balaban J connectivity index is 1.72. The molecule has 6 heteroatoms. The summed E-state index contributed by atoms with van der Waals surface area (Å²) in [6.07, 6.45) is 4.10. The highest BCUT2D eigenvalue weighted by Crippen LogP contribution is 2.36. The number of fused-ring (bicyclic) bond motifs is 2. The molecular weight excluding hydrogens is 274 g/mol. The van der Waals surface area contributed by atoms with Crippen molar-refractivity contribution in [2.24, 2.45) is 0 Å². The highest BCUT2D eigenvalue weighted by molar-refractivity contribution is 7.16. The second-order valence-corrected chi connectivity index (χ2v) is 6.81. The number of nitrogens with zero attached hydrogens (tertiary/aromatic N) is 2. The van der Waals surface area contributed by atoms with Crippen molar-refractivity contribution in [2.75, 3.05) is 5.32 Å². The van der Waals surface area contributed by atoms with E-state index < -0.39 is 0 Å². The van der Waals surface area contributed by atoms with E-state index in [-0.39, 0.29) is 24.2 Å². The number of rotatable bonds is 2. The van der Waals surface area contributed by atoms with Crippen LogP contribution in [0.4, 0.5) is 9.80 Å². The number of urea groups is 1. The molecule has 1 aromatic rings. The third-order valence-electron chi connectivity index (χ3n) is 4.31. The average molecular weight is 295 g/mol. The van der Waals surface area contributed by atoms with Crippen LogP contribution in [0.5, 0.6) is 0 Å². The van der Waals surface area contributed by atoms with Crippen LogP contribution in [-0.4, -0.2) is 39.2 Å². The second kappa shape index (κ2) is 5.33. The summed E-state index contributed by atoms with van der Waals surface area (Å²) in [4.78, 5) is 18.9. The minimum atomic E-state index is -0.242. The summed E-state index contributed by atoms with van der Waals surface area (Å²) in [7, 11) is 0. The molecule has 3 rings (SSSR count). The van der Waals surface area contributed by atoms with Crippen molar-refractivity contribution in [1.82, 2.24) is 9.88 Å². The molecule has 5 nitrogen and oxygen atoms in total. The van der Waals surface area contributed by atoms with Crippen molar-refractivity contribution in [3.05, 3.63) is 10.7 Å². The molecule has 2 aliphatic rings. The number of aromatic nitrogens is 1. The van der Waals surface area contributed by atoms with E-state index in [1.165, 1.54) is 0 Å². The smallest absolute Gasteiger partial charge is 0.323 e. The van der Waals surface area contributed by atoms with E-state index in [1.807, 2.05) is 11.8 Å². The van der Waals surface area contributed by atoms with E-state index in [0.717, 1.165) is 35.0 Å². The van der Waals surface area contributed by atoms with E-state index in [2.05, 4.69) is 17.2 Å². The molecule has 2 atom stereocenters. The van der Waals surface area contributed by atoms with Crippen molar-refractivity contribution in [3.8, 4) is 0 Å². The maximum atomic E-state index is 12.5. The lowest BCUT2D eigenvalue weighted by Crippen LogP contribution is -2.49. The molecule has 2 amide bonds. The van der Waals surface area contributed by atoms with Crippen LogP contribution in [0.15, 0.2) is 0 Å². The lowest BCUT2D eigenvalue weighted by molar-refractivity contribution is 0.0580. The van der Waals surface area contributed by atoms with Gasteiger partial charge in [-0.25, -0.2) is 9.78 Å². The Morgan fingerprint density at radius 1 is 1.45 bits per heavy atom. The van der Waals surface area contributed by atoms with Gasteiger partial charge in [0.1, 0.15) is 5.00 Å². The lowest BCUT2D eigenvalue weighted by Gasteiger charge is -2.36. The molecule has 2 saturated heterocycles. The van der Waals surface area contributed by atoms with E-state index in [0.29, 0.717) is 12.8 Å². The number of hydrogen-bond donors (Lipinski definition) is 2. The van der Waals surface area contributed by atoms with Gasteiger partial charge in [-0.2, -0.15) is 0 Å². The van der Waals surface area contributed by atoms with Crippen molar-refractivity contribution < 1.29 is 9.90 Å². The first kappa shape index (κ1) is 13.8. The van der Waals surface area contributed by atoms with Gasteiger partial charge in [0.25, 0.3) is 0 Å². The van der Waals surface area contributed by atoms with Crippen LogP contribution in [0.3, 0.4) is 0 Å². The Labute approximate surface area is 123 Å². The largest absolute Gasteiger partial charge is 0.393 e. The van der Waals surface area contributed by atoms with Gasteiger partial charge >= 0.3 is 6.03 Å². The standard InChI is InChI=1S/C14H21N3O2S/c1-3-12-15-8(2)13(20-12)16-14(19)17-9-4-5-10(17)7-11(18)6-9/h9-11,18H,3-7H2,1-2H3,(H,16,19)/t9-,10-/m0/s1. The molecule has 20 heavy (non-hydrogen) atoms. The Hall–Kier alpha value is -1.14. The highest BCUT2D eigenvalue weighted by Gasteiger charge is 2.42. The van der Waals surface area contributed by atoms with Gasteiger partial charge in [-0.1, -0.05) is 6.92 Å². The zero-order chi connectivity index (χ0) is 14.3. The number of carbonyl (C=O) groups excluding carboxylic acids is 1. The average Bonchev–Trinajstić information content (AvgIpc) is 2.89. The van der Waals surface area contributed by atoms with Gasteiger partial charge in [0.15, 0.2) is 0 Å². The highest BCUT2D eigenvalue weighted by atomic mass is 32.1. The molecule has 0 unspecified atom stereocenters. The van der Waals surface area contributed by atoms with Gasteiger partial charge in [-0.3, -0.25) is 5.32 Å². The summed E-state index contributed by atoms with van der Waals surface area (Å²) >= 11 is 1.56. The monoisotopic (exact) mass is 295 g/mol. The fraction of sp³-hybridized carbons (Fsp3) is 0.714. The van der Waals surface area contributed by atoms with Gasteiger partial charge in [-0.05, 0) is 39.0 Å². The molecule has 1 aromatic heterocycles. The SMILES string of the molecule is CCc1nc(C)c(NC(=O)N2[C@H]3CC[C@H]2CC(O)C3)s1. The van der Waals surface area contributed by atoms with Crippen LogP contribution in [0, 0.1) is 6.92 Å². The van der Waals surface area contributed by atoms with Gasteiger partial charge in [0.2, 0.25) is 0 Å². The van der Waals surface area contributed by atoms with Crippen LogP contribution in [-0.2, 0) is 6.42 Å². The molecule has 2 N–H and O–H groups in total. The molecule has 2 bridgehead atoms. The number of piperidine rings is 1. The molecule has 2 aliphatic heterocycles. The van der Waals surface area contributed by atoms with Gasteiger partial charge in [-0.15, -0.1) is 11.3 Å². The zero-order valence-electron chi connectivity index (χ0n) is 11.9. The minimum Gasteiger partial charge on any atom is -0.393 e. The van der Waals surface area contributed by atoms with Crippen LogP contribution in [0.25, 0.3) is 0 Å². The molecule has 2 fully saturated rings. The number of aliphatic hydroxyl groups excluding tert-OH is 1. The van der Waals surface area contributed by atoms with Crippen LogP contribution >= 0.6 is 11.3 Å². The molecule has 3 heterocycles. The Kier molecular flexibility index (Phi) is 3.69. The first-order valence-corrected chi connectivity index (χ1v) is 8.13. The fourth-order valence-corrected chi connectivity index (χ4v) is 4.26. The normalized spacial score (nSPS) is 28.8. The minimum absolute atomic E-state index is 0.0289. The zero-order valence-corrected chi connectivity index (χ0v) is 12.7. The summed E-state index contributed by atoms with van der Waals surface area (Å²) in [5, 5.41) is 14.7. The first-order valence-electron chi connectivity index (χ1n) is 7.32. The quantitative estimate of drug-likeness (QED) is 0.881. The van der Waals surface area contributed by atoms with Crippen molar-refractivity contribution >= 4 is 22.4 Å². The molecule has 0 aliphatic carbocycles. The molecule has 0 radical (unpaired) electrons. The predicted molar refractivity (Wildman–Crippen MR) is 79.1 cm³/mol. The summed E-state index contributed by atoms with van der Waals surface area (Å²) < 4.78 is 0. The summed E-state index contributed by atoms with van der Waals surface area (Å²) in [5.74, 6) is 0. The van der Waals surface area contributed by atoms with E-state index in [1.54, 1.807) is 11.3 Å². The summed E-state index contributed by atoms with van der Waals surface area (Å²) in [6, 6.07) is 0.365. The number of nitrogens with one attached hydrogen (secondary N) is 1. The van der Waals surface area contributed by atoms with Gasteiger partial charge in [0.05, 0.1) is 16.8 Å². The van der Waals surface area contributed by atoms with Crippen LogP contribution < -0.4 is 5.32 Å². The van der Waals surface area contributed by atoms with E-state index >= 15 is 0 Å². The van der Waals surface area contributed by atoms with Crippen molar-refractivity contribution in [3.63, 3.8) is 0 Å². The number of hydrogen-bond acceptors (Lipinski definition) is 4.